The van der Waals surface area contributed by atoms with Crippen molar-refractivity contribution in [3.05, 3.63) is 24.2 Å². The molecule has 2 amide bonds. The smallest absolute Gasteiger partial charge is 0.332 e. The summed E-state index contributed by atoms with van der Waals surface area (Å²) in [4.78, 5) is 10.1. The van der Waals surface area contributed by atoms with Gasteiger partial charge in [0.25, 0.3) is 0 Å². The van der Waals surface area contributed by atoms with Gasteiger partial charge in [-0.15, -0.1) is 0 Å². The number of hydrogen-bond donors (Lipinski definition) is 2. The van der Waals surface area contributed by atoms with Crippen LogP contribution >= 0.6 is 0 Å². The molecule has 0 saturated heterocycles. The Morgan fingerprint density at radius 2 is 2.64 bits per heavy atom. The molecule has 0 atom stereocenters. The Kier molecular flexibility index (Phi) is 2.27. The molecule has 0 bridgehead atoms. The van der Waals surface area contributed by atoms with E-state index < -0.39 is 6.03 Å². The standard InChI is InChI=1S/C6H7N3O2/c7-6(10)9-8-4-5-2-1-3-11-5/h1-4H,(H3,7,9,10). The molecule has 0 aromatic carbocycles. The van der Waals surface area contributed by atoms with Gasteiger partial charge in [-0.1, -0.05) is 0 Å². The first-order chi connectivity index (χ1) is 5.29. The summed E-state index contributed by atoms with van der Waals surface area (Å²) in [5, 5.41) is 3.47. The first kappa shape index (κ1) is 7.33. The number of primary amides is 1. The highest BCUT2D eigenvalue weighted by Crippen LogP contribution is 1.93. The van der Waals surface area contributed by atoms with Gasteiger partial charge in [0, 0.05) is 0 Å². The van der Waals surface area contributed by atoms with E-state index in [9.17, 15) is 4.79 Å². The van der Waals surface area contributed by atoms with Crippen molar-refractivity contribution in [3.8, 4) is 0 Å². The number of carbonyl (C=O) groups is 1. The molecule has 5 nitrogen and oxygen atoms in total. The molecular formula is C6H7N3O2. The number of nitrogens with one attached hydrogen (secondary N) is 1. The predicted molar refractivity (Wildman–Crippen MR) is 39.0 cm³/mol. The first-order valence-electron chi connectivity index (χ1n) is 2.91. The molecule has 0 unspecified atom stereocenters. The van der Waals surface area contributed by atoms with Crippen LogP contribution < -0.4 is 11.2 Å². The van der Waals surface area contributed by atoms with Gasteiger partial charge in [0.2, 0.25) is 0 Å². The van der Waals surface area contributed by atoms with Crippen molar-refractivity contribution in [1.29, 1.82) is 0 Å². The number of rotatable bonds is 2. The maximum absolute atomic E-state index is 10.1. The molecule has 1 aromatic rings. The molecule has 1 aromatic heterocycles. The lowest BCUT2D eigenvalue weighted by atomic mass is 10.5. The van der Waals surface area contributed by atoms with Gasteiger partial charge in [0.05, 0.1) is 12.5 Å². The third-order valence-electron chi connectivity index (χ3n) is 0.910. The number of urea groups is 1. The van der Waals surface area contributed by atoms with Crippen LogP contribution in [-0.4, -0.2) is 12.2 Å². The number of amides is 2. The molecule has 3 N–H and O–H groups in total. The molecule has 0 aliphatic rings. The fraction of sp³-hybridized carbons (Fsp3) is 0. The Hall–Kier alpha value is -1.78. The average Bonchev–Trinajstić information content (AvgIpc) is 2.39. The maximum Gasteiger partial charge on any atom is 0.332 e. The van der Waals surface area contributed by atoms with Crippen LogP contribution in [-0.2, 0) is 0 Å². The summed E-state index contributed by atoms with van der Waals surface area (Å²) in [6.45, 7) is 0. The molecule has 1 rings (SSSR count). The zero-order valence-electron chi connectivity index (χ0n) is 5.65. The van der Waals surface area contributed by atoms with E-state index in [0.717, 1.165) is 0 Å². The quantitative estimate of drug-likeness (QED) is 0.472. The number of nitrogens with two attached hydrogens (primary N) is 1. The highest BCUT2D eigenvalue weighted by Gasteiger charge is 1.88. The Balaban J connectivity index is 2.43. The minimum absolute atomic E-state index is 0.554. The highest BCUT2D eigenvalue weighted by atomic mass is 16.3. The van der Waals surface area contributed by atoms with E-state index in [2.05, 4.69) is 5.10 Å². The monoisotopic (exact) mass is 153 g/mol. The Bertz CT molecular complexity index is 253. The lowest BCUT2D eigenvalue weighted by molar-refractivity contribution is 0.249. The lowest BCUT2D eigenvalue weighted by Gasteiger charge is -1.87. The van der Waals surface area contributed by atoms with Crippen LogP contribution in [0.4, 0.5) is 4.79 Å². The normalized spacial score (nSPS) is 10.2. The van der Waals surface area contributed by atoms with Crippen LogP contribution in [0.15, 0.2) is 27.9 Å². The van der Waals surface area contributed by atoms with Crippen molar-refractivity contribution in [1.82, 2.24) is 5.43 Å². The summed E-state index contributed by atoms with van der Waals surface area (Å²) in [7, 11) is 0. The summed E-state index contributed by atoms with van der Waals surface area (Å²) in [5.41, 5.74) is 6.77. The Labute approximate surface area is 62.9 Å². The summed E-state index contributed by atoms with van der Waals surface area (Å²) in [6.07, 6.45) is 2.86. The third kappa shape index (κ3) is 2.53. The fourth-order valence-corrected chi connectivity index (χ4v) is 0.524. The van der Waals surface area contributed by atoms with Crippen molar-refractivity contribution < 1.29 is 9.21 Å². The van der Waals surface area contributed by atoms with Gasteiger partial charge in [-0.25, -0.2) is 10.2 Å². The van der Waals surface area contributed by atoms with Crippen LogP contribution in [0.2, 0.25) is 0 Å². The van der Waals surface area contributed by atoms with E-state index in [1.165, 1.54) is 12.5 Å². The summed E-state index contributed by atoms with van der Waals surface area (Å²) in [6, 6.07) is 2.71. The van der Waals surface area contributed by atoms with Gasteiger partial charge in [0.15, 0.2) is 0 Å². The van der Waals surface area contributed by atoms with E-state index >= 15 is 0 Å². The minimum atomic E-state index is -0.701. The molecular weight excluding hydrogens is 146 g/mol. The second-order valence-electron chi connectivity index (χ2n) is 1.75. The number of nitrogens with zero attached hydrogens (tertiary/aromatic N) is 1. The highest BCUT2D eigenvalue weighted by molar-refractivity contribution is 5.78. The lowest BCUT2D eigenvalue weighted by Crippen LogP contribution is -2.24. The van der Waals surface area contributed by atoms with Gasteiger partial charge in [0.1, 0.15) is 5.76 Å². The van der Waals surface area contributed by atoms with Crippen molar-refractivity contribution >= 4 is 12.2 Å². The molecule has 0 saturated carbocycles. The summed E-state index contributed by atoms with van der Waals surface area (Å²) in [5.74, 6) is 0.554. The van der Waals surface area contributed by atoms with Gasteiger partial charge < -0.3 is 10.2 Å². The number of carbonyl (C=O) groups excluding carboxylic acids is 1. The van der Waals surface area contributed by atoms with Gasteiger partial charge in [-0.2, -0.15) is 5.10 Å². The molecule has 58 valence electrons. The van der Waals surface area contributed by atoms with Crippen molar-refractivity contribution in [2.75, 3.05) is 0 Å². The number of furan rings is 1. The molecule has 0 aliphatic heterocycles. The van der Waals surface area contributed by atoms with Crippen molar-refractivity contribution in [3.63, 3.8) is 0 Å². The number of hydrogen-bond acceptors (Lipinski definition) is 3. The molecule has 0 spiro atoms. The van der Waals surface area contributed by atoms with Crippen molar-refractivity contribution in [2.24, 2.45) is 10.8 Å². The van der Waals surface area contributed by atoms with E-state index in [-0.39, 0.29) is 0 Å². The van der Waals surface area contributed by atoms with E-state index in [0.29, 0.717) is 5.76 Å². The Morgan fingerprint density at radius 3 is 3.18 bits per heavy atom. The fourth-order valence-electron chi connectivity index (χ4n) is 0.524. The second kappa shape index (κ2) is 3.40. The molecule has 0 fully saturated rings. The van der Waals surface area contributed by atoms with E-state index in [4.69, 9.17) is 10.2 Å². The first-order valence-corrected chi connectivity index (χ1v) is 2.91. The van der Waals surface area contributed by atoms with Gasteiger partial charge >= 0.3 is 6.03 Å². The topological polar surface area (TPSA) is 80.6 Å². The van der Waals surface area contributed by atoms with Crippen LogP contribution in [0.25, 0.3) is 0 Å². The molecule has 11 heavy (non-hydrogen) atoms. The van der Waals surface area contributed by atoms with Gasteiger partial charge in [-0.05, 0) is 12.1 Å². The summed E-state index contributed by atoms with van der Waals surface area (Å²) < 4.78 is 4.87. The van der Waals surface area contributed by atoms with Crippen LogP contribution in [0.1, 0.15) is 5.76 Å². The van der Waals surface area contributed by atoms with Crippen LogP contribution in [0.3, 0.4) is 0 Å². The molecule has 5 heteroatoms. The van der Waals surface area contributed by atoms with Crippen molar-refractivity contribution in [2.45, 2.75) is 0 Å². The largest absolute Gasteiger partial charge is 0.463 e. The summed E-state index contributed by atoms with van der Waals surface area (Å²) >= 11 is 0. The van der Waals surface area contributed by atoms with Crippen LogP contribution in [0.5, 0.6) is 0 Å². The maximum atomic E-state index is 10.1. The zero-order chi connectivity index (χ0) is 8.10. The predicted octanol–water partition coefficient (Wildman–Crippen LogP) is 0.282. The van der Waals surface area contributed by atoms with Gasteiger partial charge in [-0.3, -0.25) is 0 Å². The Morgan fingerprint density at radius 1 is 1.82 bits per heavy atom. The van der Waals surface area contributed by atoms with E-state index in [1.807, 2.05) is 5.43 Å². The molecule has 1 heterocycles. The minimum Gasteiger partial charge on any atom is -0.463 e. The van der Waals surface area contributed by atoms with E-state index in [1.54, 1.807) is 12.1 Å². The molecule has 0 radical (unpaired) electrons. The van der Waals surface area contributed by atoms with Crippen LogP contribution in [0, 0.1) is 0 Å². The SMILES string of the molecule is NC(=O)NN=Cc1ccco1. The second-order valence-corrected chi connectivity index (χ2v) is 1.75. The average molecular weight is 153 g/mol. The molecule has 0 aliphatic carbocycles. The third-order valence-corrected chi connectivity index (χ3v) is 0.910. The zero-order valence-corrected chi connectivity index (χ0v) is 5.65. The number of hydrazone groups is 1.